The number of halogens is 3. The summed E-state index contributed by atoms with van der Waals surface area (Å²) in [4.78, 5) is 15.4. The van der Waals surface area contributed by atoms with Gasteiger partial charge in [0.25, 0.3) is 0 Å². The summed E-state index contributed by atoms with van der Waals surface area (Å²) in [6.07, 6.45) is 0. The van der Waals surface area contributed by atoms with E-state index in [0.29, 0.717) is 22.6 Å². The van der Waals surface area contributed by atoms with E-state index in [2.05, 4.69) is 0 Å². The van der Waals surface area contributed by atoms with Crippen LogP contribution in [0.5, 0.6) is 0 Å². The summed E-state index contributed by atoms with van der Waals surface area (Å²) in [6, 6.07) is 0. The molecule has 0 radical (unpaired) electrons. The van der Waals surface area contributed by atoms with Crippen LogP contribution in [-0.4, -0.2) is 13.5 Å². The van der Waals surface area contributed by atoms with Crippen LogP contribution in [0.1, 0.15) is 0 Å². The highest BCUT2D eigenvalue weighted by molar-refractivity contribution is 14.1. The van der Waals surface area contributed by atoms with Crippen LogP contribution in [0.25, 0.3) is 0 Å². The summed E-state index contributed by atoms with van der Waals surface area (Å²) in [5.74, 6) is 0. The number of rotatable bonds is 1. The zero-order chi connectivity index (χ0) is 7.00. The van der Waals surface area contributed by atoms with Crippen LogP contribution in [-0.2, 0) is 4.57 Å². The minimum Gasteiger partial charge on any atom is -0.320 e. The standard InChI is InChI=1S/CH2F2IO3P/c2-1(3,4)8(5,6)7/h(H2,5,6,7). The Morgan fingerprint density at radius 3 is 1.62 bits per heavy atom. The fourth-order valence-electron chi connectivity index (χ4n) is 0. The molecule has 0 rings (SSSR count). The van der Waals surface area contributed by atoms with E-state index in [9.17, 15) is 13.3 Å². The summed E-state index contributed by atoms with van der Waals surface area (Å²) in [6.45, 7) is 0. The Bertz CT molecular complexity index is 124. The number of alkyl halides is 3. The van der Waals surface area contributed by atoms with Gasteiger partial charge in [0.2, 0.25) is 0 Å². The smallest absolute Gasteiger partial charge is 0.320 e. The van der Waals surface area contributed by atoms with Gasteiger partial charge in [-0.25, -0.2) is 0 Å². The molecule has 0 bridgehead atoms. The first-order chi connectivity index (χ1) is 3.25. The zero-order valence-corrected chi connectivity index (χ0v) is 6.44. The maximum atomic E-state index is 11.5. The van der Waals surface area contributed by atoms with Gasteiger partial charge in [-0.3, -0.25) is 4.57 Å². The molecule has 0 aromatic carbocycles. The lowest BCUT2D eigenvalue weighted by atomic mass is 11.7. The molecule has 0 atom stereocenters. The van der Waals surface area contributed by atoms with Crippen molar-refractivity contribution < 1.29 is 23.1 Å². The van der Waals surface area contributed by atoms with Gasteiger partial charge in [-0.2, -0.15) is 8.78 Å². The lowest BCUT2D eigenvalue weighted by Crippen LogP contribution is -2.03. The van der Waals surface area contributed by atoms with Crippen LogP contribution in [0.3, 0.4) is 0 Å². The van der Waals surface area contributed by atoms with Gasteiger partial charge in [0.15, 0.2) is 0 Å². The zero-order valence-electron chi connectivity index (χ0n) is 3.38. The van der Waals surface area contributed by atoms with Crippen LogP contribution < -0.4 is 0 Å². The van der Waals surface area contributed by atoms with E-state index in [1.54, 1.807) is 0 Å². The van der Waals surface area contributed by atoms with Crippen LogP contribution in [0, 0.1) is 0 Å². The van der Waals surface area contributed by atoms with E-state index < -0.39 is 11.3 Å². The third-order valence-corrected chi connectivity index (χ3v) is 2.88. The van der Waals surface area contributed by atoms with Gasteiger partial charge in [-0.05, 0) is 0 Å². The molecule has 50 valence electrons. The molecule has 7 heteroatoms. The summed E-state index contributed by atoms with van der Waals surface area (Å²) in [5.41, 5.74) is 0. The van der Waals surface area contributed by atoms with Crippen molar-refractivity contribution in [1.29, 1.82) is 0 Å². The molecular formula is CH2F2IO3P. The van der Waals surface area contributed by atoms with E-state index in [-0.39, 0.29) is 0 Å². The number of hydrogen-bond donors (Lipinski definition) is 2. The molecule has 0 saturated heterocycles. The predicted molar refractivity (Wildman–Crippen MR) is 31.0 cm³/mol. The van der Waals surface area contributed by atoms with Crippen molar-refractivity contribution in [2.24, 2.45) is 0 Å². The Balaban J connectivity index is 4.26. The van der Waals surface area contributed by atoms with Gasteiger partial charge < -0.3 is 9.79 Å². The number of hydrogen-bond acceptors (Lipinski definition) is 1. The molecule has 0 spiro atoms. The van der Waals surface area contributed by atoms with E-state index >= 15 is 0 Å². The van der Waals surface area contributed by atoms with Gasteiger partial charge in [0.05, 0.1) is 0 Å². The molecule has 3 nitrogen and oxygen atoms in total. The van der Waals surface area contributed by atoms with Crippen molar-refractivity contribution >= 4 is 30.2 Å². The quantitative estimate of drug-likeness (QED) is 0.421. The first-order valence-corrected chi connectivity index (χ1v) is 4.06. The highest BCUT2D eigenvalue weighted by atomic mass is 127. The SMILES string of the molecule is O=P(O)(O)C(F)(F)I. The van der Waals surface area contributed by atoms with Gasteiger partial charge >= 0.3 is 11.3 Å². The summed E-state index contributed by atoms with van der Waals surface area (Å²) < 4.78 is 28.6. The second-order valence-corrected chi connectivity index (χ2v) is 4.87. The normalized spacial score (nSPS) is 14.1. The average molecular weight is 258 g/mol. The first-order valence-electron chi connectivity index (χ1n) is 1.37. The lowest BCUT2D eigenvalue weighted by molar-refractivity contribution is 0.168. The lowest BCUT2D eigenvalue weighted by Gasteiger charge is -2.08. The molecule has 0 saturated carbocycles. The van der Waals surface area contributed by atoms with Crippen LogP contribution in [0.15, 0.2) is 0 Å². The first kappa shape index (κ1) is 8.74. The molecule has 0 unspecified atom stereocenters. The minimum absolute atomic E-state index is 0.387. The summed E-state index contributed by atoms with van der Waals surface area (Å²) in [5, 5.41) is 0. The highest BCUT2D eigenvalue weighted by Crippen LogP contribution is 2.56. The van der Waals surface area contributed by atoms with Crippen molar-refractivity contribution in [3.8, 4) is 0 Å². The summed E-state index contributed by atoms with van der Waals surface area (Å²) in [7, 11) is -5.20. The topological polar surface area (TPSA) is 57.5 Å². The average Bonchev–Trinajstić information content (AvgIpc) is 1.25. The van der Waals surface area contributed by atoms with Crippen LogP contribution >= 0.6 is 30.2 Å². The molecule has 2 N–H and O–H groups in total. The van der Waals surface area contributed by atoms with Crippen LogP contribution in [0.2, 0.25) is 0 Å². The van der Waals surface area contributed by atoms with Crippen molar-refractivity contribution in [2.45, 2.75) is 3.67 Å². The maximum absolute atomic E-state index is 11.5. The van der Waals surface area contributed by atoms with Gasteiger partial charge in [0.1, 0.15) is 0 Å². The molecule has 0 aromatic heterocycles. The Kier molecular flexibility index (Phi) is 2.37. The highest BCUT2D eigenvalue weighted by Gasteiger charge is 2.45. The monoisotopic (exact) mass is 258 g/mol. The van der Waals surface area contributed by atoms with Crippen molar-refractivity contribution in [1.82, 2.24) is 0 Å². The predicted octanol–water partition coefficient (Wildman–Crippen LogP) is 1.15. The largest absolute Gasteiger partial charge is 0.404 e. The molecule has 0 heterocycles. The van der Waals surface area contributed by atoms with E-state index in [1.807, 2.05) is 0 Å². The minimum atomic E-state index is -5.20. The van der Waals surface area contributed by atoms with E-state index in [0.717, 1.165) is 0 Å². The van der Waals surface area contributed by atoms with Gasteiger partial charge in [0, 0.05) is 22.6 Å². The molecule has 0 aromatic rings. The fourth-order valence-corrected chi connectivity index (χ4v) is 0. The van der Waals surface area contributed by atoms with Gasteiger partial charge in [-0.15, -0.1) is 0 Å². The van der Waals surface area contributed by atoms with E-state index in [4.69, 9.17) is 9.79 Å². The fraction of sp³-hybridized carbons (Fsp3) is 1.00. The van der Waals surface area contributed by atoms with Crippen molar-refractivity contribution in [3.05, 3.63) is 0 Å². The molecule has 8 heavy (non-hydrogen) atoms. The molecule has 0 aliphatic rings. The van der Waals surface area contributed by atoms with Gasteiger partial charge in [-0.1, -0.05) is 0 Å². The molecule has 0 aliphatic heterocycles. The Morgan fingerprint density at radius 1 is 1.50 bits per heavy atom. The molecule has 0 aliphatic carbocycles. The Morgan fingerprint density at radius 2 is 1.62 bits per heavy atom. The third-order valence-electron chi connectivity index (χ3n) is 0.330. The van der Waals surface area contributed by atoms with E-state index in [1.165, 1.54) is 0 Å². The molecule has 0 fully saturated rings. The third kappa shape index (κ3) is 2.34. The Hall–Kier alpha value is 0.740. The Labute approximate surface area is 57.4 Å². The maximum Gasteiger partial charge on any atom is 0.404 e. The van der Waals surface area contributed by atoms with Crippen LogP contribution in [0.4, 0.5) is 8.78 Å². The van der Waals surface area contributed by atoms with Crippen molar-refractivity contribution in [3.63, 3.8) is 0 Å². The second-order valence-electron chi connectivity index (χ2n) is 1.01. The summed E-state index contributed by atoms with van der Waals surface area (Å²) >= 11 is 0.387. The second kappa shape index (κ2) is 2.17. The molecule has 0 amide bonds. The molecular weight excluding hydrogens is 256 g/mol. The van der Waals surface area contributed by atoms with Crippen molar-refractivity contribution in [2.75, 3.05) is 0 Å².